The van der Waals surface area contributed by atoms with Crippen molar-refractivity contribution in [3.05, 3.63) is 24.3 Å². The minimum atomic E-state index is -0.196. The van der Waals surface area contributed by atoms with Crippen LogP contribution in [0.3, 0.4) is 0 Å². The van der Waals surface area contributed by atoms with E-state index in [9.17, 15) is 9.59 Å². The summed E-state index contributed by atoms with van der Waals surface area (Å²) in [6.45, 7) is 4.41. The average Bonchev–Trinajstić information content (AvgIpc) is 2.68. The van der Waals surface area contributed by atoms with Crippen LogP contribution in [-0.4, -0.2) is 81.0 Å². The fraction of sp³-hybridized carbons (Fsp3) is 0.529. The van der Waals surface area contributed by atoms with Crippen LogP contribution >= 0.6 is 0 Å². The zero-order valence-corrected chi connectivity index (χ0v) is 14.1. The van der Waals surface area contributed by atoms with Crippen LogP contribution in [0.5, 0.6) is 5.75 Å². The Morgan fingerprint density at radius 1 is 0.960 bits per heavy atom. The van der Waals surface area contributed by atoms with E-state index in [4.69, 9.17) is 14.2 Å². The van der Waals surface area contributed by atoms with Crippen molar-refractivity contribution < 1.29 is 23.8 Å². The third-order valence-corrected chi connectivity index (χ3v) is 4.14. The van der Waals surface area contributed by atoms with E-state index in [1.807, 2.05) is 6.07 Å². The second-order valence-electron chi connectivity index (χ2n) is 5.81. The number of nitrogens with one attached hydrogen (secondary N) is 1. The first-order valence-electron chi connectivity index (χ1n) is 8.45. The fourth-order valence-corrected chi connectivity index (χ4v) is 2.70. The van der Waals surface area contributed by atoms with Crippen molar-refractivity contribution in [2.75, 3.05) is 64.5 Å². The van der Waals surface area contributed by atoms with Crippen molar-refractivity contribution in [2.45, 2.75) is 0 Å². The van der Waals surface area contributed by atoms with Crippen molar-refractivity contribution in [3.8, 4) is 5.75 Å². The Balaban J connectivity index is 1.56. The first-order valence-corrected chi connectivity index (χ1v) is 8.45. The lowest BCUT2D eigenvalue weighted by Gasteiger charge is -2.28. The third-order valence-electron chi connectivity index (χ3n) is 4.14. The molecule has 0 spiro atoms. The van der Waals surface area contributed by atoms with Gasteiger partial charge in [-0.1, -0.05) is 12.1 Å². The first-order chi connectivity index (χ1) is 12.2. The Morgan fingerprint density at radius 3 is 2.24 bits per heavy atom. The van der Waals surface area contributed by atoms with Gasteiger partial charge in [-0.05, 0) is 12.1 Å². The second kappa shape index (κ2) is 8.68. The maximum Gasteiger partial charge on any atom is 0.322 e. The molecule has 3 amide bonds. The third kappa shape index (κ3) is 4.83. The molecule has 0 radical (unpaired) electrons. The number of carbonyl (C=O) groups is 2. The predicted molar refractivity (Wildman–Crippen MR) is 90.7 cm³/mol. The molecule has 0 unspecified atom stereocenters. The summed E-state index contributed by atoms with van der Waals surface area (Å²) in [6, 6.07) is 6.91. The summed E-state index contributed by atoms with van der Waals surface area (Å²) >= 11 is 0. The van der Waals surface area contributed by atoms with Gasteiger partial charge < -0.3 is 29.3 Å². The highest BCUT2D eigenvalue weighted by molar-refractivity contribution is 5.91. The van der Waals surface area contributed by atoms with Gasteiger partial charge in [0.25, 0.3) is 5.91 Å². The first kappa shape index (κ1) is 17.5. The highest BCUT2D eigenvalue weighted by Gasteiger charge is 2.20. The molecule has 2 heterocycles. The lowest BCUT2D eigenvalue weighted by atomic mass is 10.3. The van der Waals surface area contributed by atoms with Gasteiger partial charge in [0, 0.05) is 26.2 Å². The Bertz CT molecular complexity index is 598. The van der Waals surface area contributed by atoms with E-state index in [2.05, 4.69) is 5.32 Å². The molecule has 0 saturated carbocycles. The molecule has 0 aliphatic carbocycles. The summed E-state index contributed by atoms with van der Waals surface area (Å²) < 4.78 is 16.1. The second-order valence-corrected chi connectivity index (χ2v) is 5.81. The summed E-state index contributed by atoms with van der Waals surface area (Å²) in [5.74, 6) is 0.392. The lowest BCUT2D eigenvalue weighted by molar-refractivity contribution is -0.137. The average molecular weight is 349 g/mol. The summed E-state index contributed by atoms with van der Waals surface area (Å²) in [7, 11) is 0. The van der Waals surface area contributed by atoms with E-state index < -0.39 is 0 Å². The molecule has 1 aromatic carbocycles. The van der Waals surface area contributed by atoms with E-state index in [0.29, 0.717) is 64.0 Å². The molecule has 136 valence electrons. The van der Waals surface area contributed by atoms with Crippen LogP contribution in [0.25, 0.3) is 0 Å². The minimum absolute atomic E-state index is 0.0650. The standard InChI is InChI=1S/C17H23N3O5/c21-16(19-5-9-23-10-6-19)13-25-15-4-2-1-3-14(15)18-17(22)20-7-11-24-12-8-20/h1-4H,5-13H2,(H,18,22). The number of hydrogen-bond donors (Lipinski definition) is 1. The molecule has 3 rings (SSSR count). The molecule has 2 fully saturated rings. The molecular weight excluding hydrogens is 326 g/mol. The van der Waals surface area contributed by atoms with Gasteiger partial charge in [0.05, 0.1) is 32.1 Å². The van der Waals surface area contributed by atoms with Crippen LogP contribution in [0.4, 0.5) is 10.5 Å². The van der Waals surface area contributed by atoms with Crippen molar-refractivity contribution >= 4 is 17.6 Å². The highest BCUT2D eigenvalue weighted by atomic mass is 16.5. The van der Waals surface area contributed by atoms with E-state index in [1.54, 1.807) is 28.0 Å². The van der Waals surface area contributed by atoms with Gasteiger partial charge in [0.2, 0.25) is 0 Å². The molecule has 8 nitrogen and oxygen atoms in total. The maximum atomic E-state index is 12.3. The van der Waals surface area contributed by atoms with Gasteiger partial charge in [-0.25, -0.2) is 4.79 Å². The van der Waals surface area contributed by atoms with Crippen LogP contribution in [0, 0.1) is 0 Å². The summed E-state index contributed by atoms with van der Waals surface area (Å²) in [4.78, 5) is 27.9. The molecular formula is C17H23N3O5. The number of nitrogens with zero attached hydrogens (tertiary/aromatic N) is 2. The van der Waals surface area contributed by atoms with Gasteiger partial charge >= 0.3 is 6.03 Å². The molecule has 2 saturated heterocycles. The smallest absolute Gasteiger partial charge is 0.322 e. The SMILES string of the molecule is O=C(COc1ccccc1NC(=O)N1CCOCC1)N1CCOCC1. The Hall–Kier alpha value is -2.32. The number of anilines is 1. The van der Waals surface area contributed by atoms with Crippen molar-refractivity contribution in [1.29, 1.82) is 0 Å². The molecule has 0 atom stereocenters. The quantitative estimate of drug-likeness (QED) is 0.869. The number of urea groups is 1. The lowest BCUT2D eigenvalue weighted by Crippen LogP contribution is -2.43. The van der Waals surface area contributed by atoms with Crippen molar-refractivity contribution in [1.82, 2.24) is 9.80 Å². The number of morpholine rings is 2. The molecule has 1 N–H and O–H groups in total. The normalized spacial score (nSPS) is 17.9. The van der Waals surface area contributed by atoms with Crippen LogP contribution in [0.1, 0.15) is 0 Å². The van der Waals surface area contributed by atoms with Crippen molar-refractivity contribution in [2.24, 2.45) is 0 Å². The minimum Gasteiger partial charge on any atom is -0.482 e. The Labute approximate surface area is 146 Å². The maximum absolute atomic E-state index is 12.3. The fourth-order valence-electron chi connectivity index (χ4n) is 2.70. The van der Waals surface area contributed by atoms with Crippen molar-refractivity contribution in [3.63, 3.8) is 0 Å². The van der Waals surface area contributed by atoms with E-state index >= 15 is 0 Å². The summed E-state index contributed by atoms with van der Waals surface area (Å²) in [5.41, 5.74) is 0.550. The van der Waals surface area contributed by atoms with Crippen LogP contribution in [0.2, 0.25) is 0 Å². The predicted octanol–water partition coefficient (Wildman–Crippen LogP) is 0.788. The molecule has 2 aliphatic rings. The number of amides is 3. The summed E-state index contributed by atoms with van der Waals surface area (Å²) in [5, 5.41) is 2.85. The molecule has 0 aromatic heterocycles. The number of para-hydroxylation sites is 2. The van der Waals surface area contributed by atoms with Crippen LogP contribution in [-0.2, 0) is 14.3 Å². The molecule has 25 heavy (non-hydrogen) atoms. The van der Waals surface area contributed by atoms with Gasteiger partial charge in [-0.3, -0.25) is 4.79 Å². The zero-order chi connectivity index (χ0) is 17.5. The number of benzene rings is 1. The molecule has 8 heteroatoms. The van der Waals surface area contributed by atoms with Gasteiger partial charge in [-0.2, -0.15) is 0 Å². The number of hydrogen-bond acceptors (Lipinski definition) is 5. The zero-order valence-electron chi connectivity index (χ0n) is 14.1. The van der Waals surface area contributed by atoms with E-state index in [1.165, 1.54) is 0 Å². The number of ether oxygens (including phenoxy) is 3. The molecule has 0 bridgehead atoms. The Morgan fingerprint density at radius 2 is 1.56 bits per heavy atom. The topological polar surface area (TPSA) is 80.3 Å². The van der Waals surface area contributed by atoms with Gasteiger partial charge in [-0.15, -0.1) is 0 Å². The molecule has 1 aromatic rings. The number of rotatable bonds is 4. The summed E-state index contributed by atoms with van der Waals surface area (Å²) in [6.07, 6.45) is 0. The van der Waals surface area contributed by atoms with Gasteiger partial charge in [0.15, 0.2) is 6.61 Å². The molecule has 2 aliphatic heterocycles. The van der Waals surface area contributed by atoms with E-state index in [0.717, 1.165) is 0 Å². The monoisotopic (exact) mass is 349 g/mol. The largest absolute Gasteiger partial charge is 0.482 e. The highest BCUT2D eigenvalue weighted by Crippen LogP contribution is 2.24. The van der Waals surface area contributed by atoms with E-state index in [-0.39, 0.29) is 18.5 Å². The van der Waals surface area contributed by atoms with Crippen LogP contribution in [0.15, 0.2) is 24.3 Å². The number of carbonyl (C=O) groups excluding carboxylic acids is 2. The van der Waals surface area contributed by atoms with Crippen LogP contribution < -0.4 is 10.1 Å². The Kier molecular flexibility index (Phi) is 6.08. The van der Waals surface area contributed by atoms with Gasteiger partial charge in [0.1, 0.15) is 5.75 Å².